The zero-order valence-electron chi connectivity index (χ0n) is 20.5. The Morgan fingerprint density at radius 1 is 0.526 bits per heavy atom. The number of hydrogen-bond acceptors (Lipinski definition) is 3. The third-order valence-corrected chi connectivity index (χ3v) is 7.96. The number of benzene rings is 5. The molecule has 7 rings (SSSR count). The first-order chi connectivity index (χ1) is 18.8. The molecule has 2 heterocycles. The predicted molar refractivity (Wildman–Crippen MR) is 162 cm³/mol. The van der Waals surface area contributed by atoms with Gasteiger partial charge in [-0.05, 0) is 23.3 Å². The summed E-state index contributed by atoms with van der Waals surface area (Å²) in [5.74, 6) is 0.678. The van der Waals surface area contributed by atoms with Crippen molar-refractivity contribution in [3.05, 3.63) is 156 Å². The van der Waals surface area contributed by atoms with Crippen molar-refractivity contribution in [2.45, 2.75) is 0 Å². The Hall–Kier alpha value is -4.82. The van der Waals surface area contributed by atoms with E-state index in [0.717, 1.165) is 28.1 Å². The molecule has 0 fully saturated rings. The van der Waals surface area contributed by atoms with Crippen molar-refractivity contribution < 1.29 is 0 Å². The molecule has 0 unspecified atom stereocenters. The number of thiophene rings is 1. The molecular formula is C35H22N2S. The molecule has 0 radical (unpaired) electrons. The van der Waals surface area contributed by atoms with Gasteiger partial charge in [0.25, 0.3) is 0 Å². The van der Waals surface area contributed by atoms with Gasteiger partial charge in [-0.15, -0.1) is 11.3 Å². The summed E-state index contributed by atoms with van der Waals surface area (Å²) in [5, 5.41) is 2.61. The Morgan fingerprint density at radius 3 is 2.03 bits per heavy atom. The van der Waals surface area contributed by atoms with Crippen LogP contribution in [0.3, 0.4) is 0 Å². The van der Waals surface area contributed by atoms with Crippen LogP contribution in [0.2, 0.25) is 0 Å². The lowest BCUT2D eigenvalue weighted by Gasteiger charge is -2.08. The minimum Gasteiger partial charge on any atom is -0.227 e. The van der Waals surface area contributed by atoms with E-state index in [2.05, 4.69) is 84.6 Å². The maximum absolute atomic E-state index is 5.03. The number of fused-ring (bicyclic) bond motifs is 3. The molecule has 6 aromatic rings. The van der Waals surface area contributed by atoms with Crippen molar-refractivity contribution in [3.8, 4) is 11.1 Å². The van der Waals surface area contributed by atoms with Gasteiger partial charge in [0, 0.05) is 42.9 Å². The monoisotopic (exact) mass is 502 g/mol. The first-order valence-corrected chi connectivity index (χ1v) is 13.4. The lowest BCUT2D eigenvalue weighted by Crippen LogP contribution is -2.03. The van der Waals surface area contributed by atoms with Crippen LogP contribution in [0, 0.1) is 0 Å². The molecule has 178 valence electrons. The minimum absolute atomic E-state index is 0.678. The number of rotatable bonds is 4. The maximum Gasteiger partial charge on any atom is 0.161 e. The second-order valence-corrected chi connectivity index (χ2v) is 10.2. The largest absolute Gasteiger partial charge is 0.227 e. The summed E-state index contributed by atoms with van der Waals surface area (Å²) in [7, 11) is 0. The van der Waals surface area contributed by atoms with E-state index in [1.807, 2.05) is 65.9 Å². The van der Waals surface area contributed by atoms with Crippen LogP contribution >= 0.6 is 11.3 Å². The predicted octanol–water partition coefficient (Wildman–Crippen LogP) is 9.17. The Labute approximate surface area is 225 Å². The average molecular weight is 503 g/mol. The van der Waals surface area contributed by atoms with Crippen LogP contribution in [0.4, 0.5) is 0 Å². The van der Waals surface area contributed by atoms with Crippen LogP contribution in [0.1, 0.15) is 16.7 Å². The van der Waals surface area contributed by atoms with Crippen molar-refractivity contribution in [1.29, 1.82) is 0 Å². The number of aliphatic imine (C=N–C) groups is 2. The van der Waals surface area contributed by atoms with Crippen LogP contribution in [0.5, 0.6) is 0 Å². The molecule has 0 amide bonds. The summed E-state index contributed by atoms with van der Waals surface area (Å²) in [6.07, 6.45) is 1.95. The molecule has 0 bridgehead atoms. The molecule has 0 aliphatic carbocycles. The SMILES string of the molecule is C1=CC(c2ccccc2)=NC(c2ccccc2)=NC=1c1cccc(-c2cccc3c2sc2ccccc23)c1. The van der Waals surface area contributed by atoms with Gasteiger partial charge < -0.3 is 0 Å². The summed E-state index contributed by atoms with van der Waals surface area (Å²) in [6, 6.07) is 44.2. The van der Waals surface area contributed by atoms with Crippen molar-refractivity contribution in [1.82, 2.24) is 0 Å². The zero-order chi connectivity index (χ0) is 25.3. The average Bonchev–Trinajstić information content (AvgIpc) is 3.22. The molecule has 1 aromatic heterocycles. The highest BCUT2D eigenvalue weighted by Gasteiger charge is 2.14. The molecule has 5 aromatic carbocycles. The Kier molecular flexibility index (Phi) is 5.64. The van der Waals surface area contributed by atoms with Gasteiger partial charge in [-0.25, -0.2) is 9.98 Å². The van der Waals surface area contributed by atoms with E-state index in [1.54, 1.807) is 0 Å². The molecule has 0 N–H and O–H groups in total. The van der Waals surface area contributed by atoms with Crippen LogP contribution in [-0.4, -0.2) is 11.5 Å². The van der Waals surface area contributed by atoms with E-state index in [4.69, 9.17) is 9.98 Å². The molecule has 0 saturated heterocycles. The number of nitrogens with zero attached hydrogens (tertiary/aromatic N) is 2. The third kappa shape index (κ3) is 4.10. The number of allylic oxidation sites excluding steroid dienone is 1. The fraction of sp³-hybridized carbons (Fsp3) is 0. The molecular weight excluding hydrogens is 480 g/mol. The van der Waals surface area contributed by atoms with Crippen molar-refractivity contribution in [3.63, 3.8) is 0 Å². The smallest absolute Gasteiger partial charge is 0.161 e. The highest BCUT2D eigenvalue weighted by molar-refractivity contribution is 7.26. The van der Waals surface area contributed by atoms with Gasteiger partial charge in [0.05, 0.1) is 5.71 Å². The fourth-order valence-corrected chi connectivity index (χ4v) is 6.11. The first kappa shape index (κ1) is 22.4. The van der Waals surface area contributed by atoms with Gasteiger partial charge in [-0.1, -0.05) is 121 Å². The van der Waals surface area contributed by atoms with E-state index in [-0.39, 0.29) is 0 Å². The van der Waals surface area contributed by atoms with Crippen LogP contribution < -0.4 is 0 Å². The van der Waals surface area contributed by atoms with Crippen LogP contribution in [0.15, 0.2) is 149 Å². The second-order valence-electron chi connectivity index (χ2n) is 9.16. The van der Waals surface area contributed by atoms with Gasteiger partial charge in [0.15, 0.2) is 5.84 Å². The molecule has 0 spiro atoms. The van der Waals surface area contributed by atoms with Gasteiger partial charge >= 0.3 is 0 Å². The fourth-order valence-electron chi connectivity index (χ4n) is 4.88. The molecule has 3 heteroatoms. The molecule has 1 aliphatic rings. The molecule has 38 heavy (non-hydrogen) atoms. The van der Waals surface area contributed by atoms with Gasteiger partial charge in [0.1, 0.15) is 5.70 Å². The lowest BCUT2D eigenvalue weighted by molar-refractivity contribution is 1.45. The van der Waals surface area contributed by atoms with Crippen molar-refractivity contribution >= 4 is 48.8 Å². The van der Waals surface area contributed by atoms with E-state index >= 15 is 0 Å². The first-order valence-electron chi connectivity index (χ1n) is 12.6. The van der Waals surface area contributed by atoms with E-state index in [0.29, 0.717) is 5.84 Å². The highest BCUT2D eigenvalue weighted by Crippen LogP contribution is 2.40. The standard InChI is InChI=1S/C35H22N2S/c1-3-11-24(12-4-1)31-21-22-32(37-35(36-31)25-13-5-2-6-14-25)27-16-9-15-26(23-27)28-18-10-19-30-29-17-7-8-20-33(29)38-34(28)30/h1-21,23H. The van der Waals surface area contributed by atoms with Gasteiger partial charge in [-0.3, -0.25) is 0 Å². The van der Waals surface area contributed by atoms with E-state index in [1.165, 1.54) is 31.3 Å². The summed E-state index contributed by atoms with van der Waals surface area (Å²) in [4.78, 5) is 10.00. The third-order valence-electron chi connectivity index (χ3n) is 6.74. The molecule has 0 atom stereocenters. The summed E-state index contributed by atoms with van der Waals surface area (Å²) >= 11 is 1.85. The Morgan fingerprint density at radius 2 is 1.18 bits per heavy atom. The quantitative estimate of drug-likeness (QED) is 0.215. The molecule has 2 nitrogen and oxygen atoms in total. The van der Waals surface area contributed by atoms with Crippen LogP contribution in [-0.2, 0) is 0 Å². The number of amidine groups is 1. The highest BCUT2D eigenvalue weighted by atomic mass is 32.1. The van der Waals surface area contributed by atoms with Crippen LogP contribution in [0.25, 0.3) is 37.0 Å². The van der Waals surface area contributed by atoms with Gasteiger partial charge in [-0.2, -0.15) is 0 Å². The summed E-state index contributed by atoms with van der Waals surface area (Å²) in [5.41, 5.74) is 10.5. The Bertz CT molecular complexity index is 1940. The van der Waals surface area contributed by atoms with E-state index < -0.39 is 0 Å². The molecule has 1 aliphatic heterocycles. The summed E-state index contributed by atoms with van der Waals surface area (Å²) in [6.45, 7) is 0. The molecule has 0 saturated carbocycles. The second kappa shape index (κ2) is 9.57. The van der Waals surface area contributed by atoms with E-state index in [9.17, 15) is 0 Å². The zero-order valence-corrected chi connectivity index (χ0v) is 21.3. The van der Waals surface area contributed by atoms with Gasteiger partial charge in [0.2, 0.25) is 0 Å². The topological polar surface area (TPSA) is 24.7 Å². The minimum atomic E-state index is 0.678. The number of hydrogen-bond donors (Lipinski definition) is 0. The summed E-state index contributed by atoms with van der Waals surface area (Å²) < 4.78 is 2.61. The maximum atomic E-state index is 5.03. The normalized spacial score (nSPS) is 13.2. The Balaban J connectivity index is 1.38. The van der Waals surface area contributed by atoms with Crippen molar-refractivity contribution in [2.75, 3.05) is 0 Å². The lowest BCUT2D eigenvalue weighted by atomic mass is 10.00. The van der Waals surface area contributed by atoms with Crippen molar-refractivity contribution in [2.24, 2.45) is 9.98 Å².